The van der Waals surface area contributed by atoms with Crippen molar-refractivity contribution in [3.63, 3.8) is 0 Å². The van der Waals surface area contributed by atoms with E-state index >= 15 is 0 Å². The van der Waals surface area contributed by atoms with E-state index in [1.54, 1.807) is 37.4 Å². The normalized spacial score (nSPS) is 10.1. The lowest BCUT2D eigenvalue weighted by Gasteiger charge is -2.07. The molecule has 3 N–H and O–H groups in total. The molecule has 0 unspecified atom stereocenters. The maximum Gasteiger partial charge on any atom is 0.269 e. The van der Waals surface area contributed by atoms with E-state index in [1.165, 1.54) is 11.3 Å². The number of benzene rings is 1. The van der Waals surface area contributed by atoms with Crippen molar-refractivity contribution in [1.82, 2.24) is 0 Å². The third kappa shape index (κ3) is 3.49. The largest absolute Gasteiger partial charge is 0.495 e. The van der Waals surface area contributed by atoms with Crippen molar-refractivity contribution >= 4 is 22.9 Å². The third-order valence-electron chi connectivity index (χ3n) is 2.55. The molecule has 0 radical (unpaired) electrons. The number of anilines is 1. The van der Waals surface area contributed by atoms with Crippen molar-refractivity contribution in [1.29, 1.82) is 0 Å². The summed E-state index contributed by atoms with van der Waals surface area (Å²) in [6, 6.07) is 8.91. The van der Waals surface area contributed by atoms with E-state index in [9.17, 15) is 4.79 Å². The number of ether oxygens (including phenoxy) is 2. The number of hydrogen-bond donors (Lipinski definition) is 2. The zero-order valence-corrected chi connectivity index (χ0v) is 11.9. The number of carbonyl (C=O) groups is 1. The van der Waals surface area contributed by atoms with Crippen LogP contribution in [-0.4, -0.2) is 26.2 Å². The first-order valence-corrected chi connectivity index (χ1v) is 6.98. The summed E-state index contributed by atoms with van der Waals surface area (Å²) in [6.45, 7) is 0.939. The van der Waals surface area contributed by atoms with Crippen molar-refractivity contribution in [3.8, 4) is 11.5 Å². The fourth-order valence-corrected chi connectivity index (χ4v) is 2.38. The summed E-state index contributed by atoms with van der Waals surface area (Å²) in [5, 5.41) is 4.63. The fraction of sp³-hybridized carbons (Fsp3) is 0.214. The Labute approximate surface area is 121 Å². The summed E-state index contributed by atoms with van der Waals surface area (Å²) < 4.78 is 10.5. The van der Waals surface area contributed by atoms with Crippen LogP contribution in [0.3, 0.4) is 0 Å². The second-order valence-corrected chi connectivity index (χ2v) is 4.85. The van der Waals surface area contributed by atoms with E-state index in [-0.39, 0.29) is 5.91 Å². The van der Waals surface area contributed by atoms with Crippen LogP contribution in [0.1, 0.15) is 9.67 Å². The second kappa shape index (κ2) is 6.93. The first-order valence-electron chi connectivity index (χ1n) is 6.10. The molecular formula is C14H16N2O3S. The van der Waals surface area contributed by atoms with E-state index < -0.39 is 0 Å². The van der Waals surface area contributed by atoms with Gasteiger partial charge in [-0.1, -0.05) is 0 Å². The number of carbonyl (C=O) groups excluding carboxylic acids is 1. The summed E-state index contributed by atoms with van der Waals surface area (Å²) in [5.41, 5.74) is 6.06. The summed E-state index contributed by atoms with van der Waals surface area (Å²) in [6.07, 6.45) is 0. The number of amides is 1. The van der Waals surface area contributed by atoms with E-state index in [1.807, 2.05) is 5.38 Å². The highest BCUT2D eigenvalue weighted by atomic mass is 32.1. The molecule has 0 saturated heterocycles. The first kappa shape index (κ1) is 14.4. The Bertz CT molecular complexity index is 566. The lowest BCUT2D eigenvalue weighted by Crippen LogP contribution is -2.12. The molecular weight excluding hydrogens is 276 g/mol. The molecule has 1 aromatic heterocycles. The van der Waals surface area contributed by atoms with Crippen LogP contribution in [0.4, 0.5) is 5.69 Å². The topological polar surface area (TPSA) is 73.6 Å². The lowest BCUT2D eigenvalue weighted by molar-refractivity contribution is 0.102. The van der Waals surface area contributed by atoms with Crippen molar-refractivity contribution in [2.45, 2.75) is 0 Å². The van der Waals surface area contributed by atoms with Crippen LogP contribution in [0.2, 0.25) is 0 Å². The van der Waals surface area contributed by atoms with Crippen LogP contribution in [0.5, 0.6) is 11.5 Å². The molecule has 0 aliphatic rings. The Morgan fingerprint density at radius 3 is 2.70 bits per heavy atom. The smallest absolute Gasteiger partial charge is 0.269 e. The molecule has 6 heteroatoms. The molecule has 1 aromatic carbocycles. The van der Waals surface area contributed by atoms with Crippen LogP contribution in [0.15, 0.2) is 35.7 Å². The van der Waals surface area contributed by atoms with Gasteiger partial charge in [0.25, 0.3) is 5.91 Å². The highest BCUT2D eigenvalue weighted by Gasteiger charge is 2.13. The number of hydrogen-bond acceptors (Lipinski definition) is 5. The Morgan fingerprint density at radius 2 is 2.05 bits per heavy atom. The molecule has 0 fully saturated rings. The van der Waals surface area contributed by atoms with Gasteiger partial charge < -0.3 is 20.5 Å². The molecule has 20 heavy (non-hydrogen) atoms. The van der Waals surface area contributed by atoms with Gasteiger partial charge in [0.2, 0.25) is 0 Å². The monoisotopic (exact) mass is 292 g/mol. The average Bonchev–Trinajstić information content (AvgIpc) is 2.95. The van der Waals surface area contributed by atoms with Crippen LogP contribution in [-0.2, 0) is 0 Å². The van der Waals surface area contributed by atoms with Crippen LogP contribution >= 0.6 is 11.3 Å². The molecule has 1 amide bonds. The molecule has 106 valence electrons. The highest BCUT2D eigenvalue weighted by molar-refractivity contribution is 7.12. The molecule has 0 aliphatic heterocycles. The minimum absolute atomic E-state index is 0.188. The number of thiophene rings is 1. The van der Waals surface area contributed by atoms with E-state index in [4.69, 9.17) is 15.2 Å². The minimum Gasteiger partial charge on any atom is -0.495 e. The summed E-state index contributed by atoms with van der Waals surface area (Å²) in [5.74, 6) is 1.12. The third-order valence-corrected chi connectivity index (χ3v) is 3.45. The van der Waals surface area contributed by atoms with E-state index in [2.05, 4.69) is 5.32 Å². The van der Waals surface area contributed by atoms with Crippen molar-refractivity contribution in [2.75, 3.05) is 25.6 Å². The first-order chi connectivity index (χ1) is 9.74. The molecule has 0 atom stereocenters. The standard InChI is InChI=1S/C14H16N2O3S/c1-18-12-6-9-20-13(12)14(17)16-10-2-4-11(5-3-10)19-8-7-15/h2-6,9H,7-8,15H2,1H3,(H,16,17). The molecule has 0 bridgehead atoms. The van der Waals surface area contributed by atoms with Gasteiger partial charge in [0, 0.05) is 12.2 Å². The van der Waals surface area contributed by atoms with Crippen LogP contribution in [0, 0.1) is 0 Å². The van der Waals surface area contributed by atoms with Crippen molar-refractivity contribution in [3.05, 3.63) is 40.6 Å². The fourth-order valence-electron chi connectivity index (χ4n) is 1.62. The van der Waals surface area contributed by atoms with Gasteiger partial charge in [-0.3, -0.25) is 4.79 Å². The Kier molecular flexibility index (Phi) is 4.97. The maximum atomic E-state index is 12.1. The highest BCUT2D eigenvalue weighted by Crippen LogP contribution is 2.25. The van der Waals surface area contributed by atoms with Crippen molar-refractivity contribution < 1.29 is 14.3 Å². The molecule has 0 saturated carbocycles. The van der Waals surface area contributed by atoms with Gasteiger partial charge in [-0.05, 0) is 35.7 Å². The molecule has 0 aliphatic carbocycles. The summed E-state index contributed by atoms with van der Waals surface area (Å²) >= 11 is 1.34. The molecule has 0 spiro atoms. The number of nitrogens with one attached hydrogen (secondary N) is 1. The van der Waals surface area contributed by atoms with Crippen molar-refractivity contribution in [2.24, 2.45) is 5.73 Å². The van der Waals surface area contributed by atoms with E-state index in [0.717, 1.165) is 5.75 Å². The van der Waals surface area contributed by atoms with Gasteiger partial charge in [-0.2, -0.15) is 0 Å². The zero-order chi connectivity index (χ0) is 14.4. The van der Waals surface area contributed by atoms with Gasteiger partial charge in [0.1, 0.15) is 23.0 Å². The van der Waals surface area contributed by atoms with Gasteiger partial charge in [0.15, 0.2) is 0 Å². The number of nitrogens with two attached hydrogens (primary N) is 1. The molecule has 2 aromatic rings. The van der Waals surface area contributed by atoms with Crippen LogP contribution in [0.25, 0.3) is 0 Å². The predicted molar refractivity (Wildman–Crippen MR) is 79.8 cm³/mol. The number of methoxy groups -OCH3 is 1. The second-order valence-electron chi connectivity index (χ2n) is 3.93. The average molecular weight is 292 g/mol. The molecule has 2 rings (SSSR count). The Morgan fingerprint density at radius 1 is 1.30 bits per heavy atom. The van der Waals surface area contributed by atoms with Crippen LogP contribution < -0.4 is 20.5 Å². The quantitative estimate of drug-likeness (QED) is 0.857. The summed E-state index contributed by atoms with van der Waals surface area (Å²) in [4.78, 5) is 12.6. The lowest BCUT2D eigenvalue weighted by atomic mass is 10.3. The molecule has 5 nitrogen and oxygen atoms in total. The Hall–Kier alpha value is -2.05. The maximum absolute atomic E-state index is 12.1. The molecule has 1 heterocycles. The summed E-state index contributed by atoms with van der Waals surface area (Å²) in [7, 11) is 1.54. The predicted octanol–water partition coefficient (Wildman–Crippen LogP) is 2.35. The number of rotatable bonds is 6. The van der Waals surface area contributed by atoms with E-state index in [0.29, 0.717) is 29.5 Å². The SMILES string of the molecule is COc1ccsc1C(=O)Nc1ccc(OCCN)cc1. The zero-order valence-electron chi connectivity index (χ0n) is 11.1. The Balaban J connectivity index is 2.01. The van der Waals surface area contributed by atoms with Gasteiger partial charge in [-0.15, -0.1) is 11.3 Å². The van der Waals surface area contributed by atoms with Gasteiger partial charge in [-0.25, -0.2) is 0 Å². The minimum atomic E-state index is -0.188. The van der Waals surface area contributed by atoms with Gasteiger partial charge >= 0.3 is 0 Å². The van der Waals surface area contributed by atoms with Gasteiger partial charge in [0.05, 0.1) is 7.11 Å².